The molecule has 10 heteroatoms. The van der Waals surface area contributed by atoms with E-state index in [1.54, 1.807) is 25.1 Å². The average molecular weight is 649 g/mol. The molecule has 1 N–H and O–H groups in total. The molecular formula is C30H35BrClN3O4S. The first-order valence-electron chi connectivity index (χ1n) is 13.0. The SMILES string of the molecule is CCC(C)NC(=O)C(Cc1ccccc1)N(Cc1ccc(Br)cc1)C(=O)CN(c1cccc(Cl)c1C)S(C)(=O)=O. The quantitative estimate of drug-likeness (QED) is 0.272. The van der Waals surface area contributed by atoms with E-state index in [-0.39, 0.29) is 24.9 Å². The van der Waals surface area contributed by atoms with Gasteiger partial charge in [0.25, 0.3) is 0 Å². The number of halogens is 2. The summed E-state index contributed by atoms with van der Waals surface area (Å²) in [6.07, 6.45) is 2.04. The third kappa shape index (κ3) is 8.56. The van der Waals surface area contributed by atoms with Crippen molar-refractivity contribution in [3.05, 3.63) is 99.0 Å². The molecule has 2 amide bonds. The lowest BCUT2D eigenvalue weighted by atomic mass is 10.0. The van der Waals surface area contributed by atoms with E-state index >= 15 is 0 Å². The van der Waals surface area contributed by atoms with Crippen LogP contribution < -0.4 is 9.62 Å². The van der Waals surface area contributed by atoms with Gasteiger partial charge >= 0.3 is 0 Å². The fourth-order valence-electron chi connectivity index (χ4n) is 4.24. The molecule has 3 aromatic rings. The molecule has 0 aliphatic heterocycles. The predicted molar refractivity (Wildman–Crippen MR) is 165 cm³/mol. The Kier molecular flexibility index (Phi) is 11.2. The maximum atomic E-state index is 14.1. The van der Waals surface area contributed by atoms with Crippen LogP contribution in [-0.2, 0) is 32.6 Å². The summed E-state index contributed by atoms with van der Waals surface area (Å²) in [5.74, 6) is -0.804. The van der Waals surface area contributed by atoms with E-state index in [0.29, 0.717) is 16.3 Å². The van der Waals surface area contributed by atoms with Gasteiger partial charge in [0.15, 0.2) is 0 Å². The van der Waals surface area contributed by atoms with Gasteiger partial charge in [-0.1, -0.05) is 83.0 Å². The Labute approximate surface area is 250 Å². The monoisotopic (exact) mass is 647 g/mol. The van der Waals surface area contributed by atoms with Gasteiger partial charge in [-0.15, -0.1) is 0 Å². The molecule has 40 heavy (non-hydrogen) atoms. The van der Waals surface area contributed by atoms with Crippen LogP contribution in [0, 0.1) is 6.92 Å². The van der Waals surface area contributed by atoms with Crippen molar-refractivity contribution in [3.63, 3.8) is 0 Å². The van der Waals surface area contributed by atoms with Crippen LogP contribution >= 0.6 is 27.5 Å². The van der Waals surface area contributed by atoms with E-state index in [2.05, 4.69) is 21.2 Å². The van der Waals surface area contributed by atoms with Gasteiger partial charge in [-0.3, -0.25) is 13.9 Å². The topological polar surface area (TPSA) is 86.8 Å². The lowest BCUT2D eigenvalue weighted by Crippen LogP contribution is -2.54. The zero-order chi connectivity index (χ0) is 29.4. The Morgan fingerprint density at radius 1 is 0.975 bits per heavy atom. The summed E-state index contributed by atoms with van der Waals surface area (Å²) < 4.78 is 27.8. The average Bonchev–Trinajstić information content (AvgIpc) is 2.91. The molecule has 3 rings (SSSR count). The van der Waals surface area contributed by atoms with E-state index in [0.717, 1.165) is 32.6 Å². The first kappa shape index (κ1) is 31.6. The molecule has 2 atom stereocenters. The molecular weight excluding hydrogens is 614 g/mol. The van der Waals surface area contributed by atoms with Crippen LogP contribution in [0.2, 0.25) is 5.02 Å². The second-order valence-corrected chi connectivity index (χ2v) is 13.1. The summed E-state index contributed by atoms with van der Waals surface area (Å²) in [6.45, 7) is 5.21. The second-order valence-electron chi connectivity index (χ2n) is 9.83. The van der Waals surface area contributed by atoms with Crippen LogP contribution in [0.1, 0.15) is 37.0 Å². The second kappa shape index (κ2) is 14.1. The molecule has 0 spiro atoms. The largest absolute Gasteiger partial charge is 0.352 e. The number of hydrogen-bond acceptors (Lipinski definition) is 4. The van der Waals surface area contributed by atoms with Crippen molar-refractivity contribution < 1.29 is 18.0 Å². The molecule has 214 valence electrons. The summed E-state index contributed by atoms with van der Waals surface area (Å²) >= 11 is 9.73. The van der Waals surface area contributed by atoms with Crippen molar-refractivity contribution >= 4 is 55.1 Å². The zero-order valence-corrected chi connectivity index (χ0v) is 26.3. The Morgan fingerprint density at radius 2 is 1.62 bits per heavy atom. The van der Waals surface area contributed by atoms with E-state index in [9.17, 15) is 18.0 Å². The third-order valence-corrected chi connectivity index (χ3v) is 8.79. The highest BCUT2D eigenvalue weighted by Gasteiger charge is 2.33. The molecule has 0 heterocycles. The number of carbonyl (C=O) groups is 2. The summed E-state index contributed by atoms with van der Waals surface area (Å²) in [4.78, 5) is 29.3. The molecule has 0 saturated heterocycles. The lowest BCUT2D eigenvalue weighted by molar-refractivity contribution is -0.140. The molecule has 0 aromatic heterocycles. The van der Waals surface area contributed by atoms with E-state index in [1.807, 2.05) is 68.4 Å². The molecule has 0 saturated carbocycles. The predicted octanol–water partition coefficient (Wildman–Crippen LogP) is 5.73. The van der Waals surface area contributed by atoms with E-state index in [4.69, 9.17) is 11.6 Å². The summed E-state index contributed by atoms with van der Waals surface area (Å²) in [6, 6.07) is 20.9. The van der Waals surface area contributed by atoms with Gasteiger partial charge in [0.1, 0.15) is 12.6 Å². The fourth-order valence-corrected chi connectivity index (χ4v) is 5.58. The number of hydrogen-bond donors (Lipinski definition) is 1. The molecule has 0 bridgehead atoms. The number of rotatable bonds is 12. The first-order valence-corrected chi connectivity index (χ1v) is 16.0. The number of nitrogens with zero attached hydrogens (tertiary/aromatic N) is 2. The van der Waals surface area contributed by atoms with Crippen LogP contribution in [0.15, 0.2) is 77.3 Å². The van der Waals surface area contributed by atoms with Gasteiger partial charge < -0.3 is 10.2 Å². The molecule has 0 aliphatic carbocycles. The van der Waals surface area contributed by atoms with Gasteiger partial charge in [-0.2, -0.15) is 0 Å². The molecule has 0 fully saturated rings. The highest BCUT2D eigenvalue weighted by atomic mass is 79.9. The van der Waals surface area contributed by atoms with Crippen LogP contribution in [0.5, 0.6) is 0 Å². The summed E-state index contributed by atoms with van der Waals surface area (Å²) in [5, 5.41) is 3.41. The fraction of sp³-hybridized carbons (Fsp3) is 0.333. The normalized spacial score (nSPS) is 12.8. The molecule has 7 nitrogen and oxygen atoms in total. The number of carbonyl (C=O) groups excluding carboxylic acids is 2. The minimum atomic E-state index is -3.87. The Bertz CT molecular complexity index is 1420. The highest BCUT2D eigenvalue weighted by molar-refractivity contribution is 9.10. The number of amides is 2. The Hall–Kier alpha value is -2.88. The minimum Gasteiger partial charge on any atom is -0.352 e. The highest BCUT2D eigenvalue weighted by Crippen LogP contribution is 2.28. The van der Waals surface area contributed by atoms with Crippen LogP contribution in [0.3, 0.4) is 0 Å². The van der Waals surface area contributed by atoms with Gasteiger partial charge in [0.2, 0.25) is 21.8 Å². The third-order valence-electron chi connectivity index (χ3n) is 6.73. The smallest absolute Gasteiger partial charge is 0.244 e. The van der Waals surface area contributed by atoms with Crippen molar-refractivity contribution in [2.45, 2.75) is 52.2 Å². The van der Waals surface area contributed by atoms with Gasteiger partial charge in [-0.05, 0) is 61.2 Å². The molecule has 3 aromatic carbocycles. The van der Waals surface area contributed by atoms with Crippen LogP contribution in [0.25, 0.3) is 0 Å². The minimum absolute atomic E-state index is 0.1000. The molecule has 0 radical (unpaired) electrons. The number of anilines is 1. The number of sulfonamides is 1. The van der Waals surface area contributed by atoms with Crippen LogP contribution in [0.4, 0.5) is 5.69 Å². The molecule has 0 aliphatic rings. The summed E-state index contributed by atoms with van der Waals surface area (Å²) in [5.41, 5.74) is 2.54. The number of nitrogens with one attached hydrogen (secondary N) is 1. The van der Waals surface area contributed by atoms with Crippen LogP contribution in [-0.4, -0.2) is 50.0 Å². The van der Waals surface area contributed by atoms with Gasteiger partial charge in [-0.25, -0.2) is 8.42 Å². The van der Waals surface area contributed by atoms with Gasteiger partial charge in [0, 0.05) is 28.5 Å². The van der Waals surface area contributed by atoms with Crippen molar-refractivity contribution in [1.82, 2.24) is 10.2 Å². The maximum absolute atomic E-state index is 14.1. The number of benzene rings is 3. The Morgan fingerprint density at radius 3 is 2.23 bits per heavy atom. The van der Waals surface area contributed by atoms with Crippen molar-refractivity contribution in [2.75, 3.05) is 17.1 Å². The summed E-state index contributed by atoms with van der Waals surface area (Å²) in [7, 11) is -3.87. The maximum Gasteiger partial charge on any atom is 0.244 e. The van der Waals surface area contributed by atoms with E-state index < -0.39 is 28.5 Å². The zero-order valence-electron chi connectivity index (χ0n) is 23.1. The Balaban J connectivity index is 2.08. The molecule has 2 unspecified atom stereocenters. The standard InChI is InChI=1S/C30H35BrClN3O4S/c1-5-21(2)33-30(37)28(18-23-10-7-6-8-11-23)34(19-24-14-16-25(31)17-15-24)29(36)20-35(40(4,38)39)27-13-9-12-26(32)22(27)3/h6-17,21,28H,5,18-20H2,1-4H3,(H,33,37). The first-order chi connectivity index (χ1) is 18.9. The van der Waals surface area contributed by atoms with Gasteiger partial charge in [0.05, 0.1) is 11.9 Å². The lowest BCUT2D eigenvalue weighted by Gasteiger charge is -2.34. The van der Waals surface area contributed by atoms with Crippen molar-refractivity contribution in [1.29, 1.82) is 0 Å². The van der Waals surface area contributed by atoms with Crippen molar-refractivity contribution in [3.8, 4) is 0 Å². The van der Waals surface area contributed by atoms with E-state index in [1.165, 1.54) is 4.90 Å². The van der Waals surface area contributed by atoms with Crippen molar-refractivity contribution in [2.24, 2.45) is 0 Å².